The van der Waals surface area contributed by atoms with Crippen LogP contribution in [-0.2, 0) is 0 Å². The number of hydrogen-bond donors (Lipinski definition) is 1. The second-order valence-electron chi connectivity index (χ2n) is 4.42. The molecule has 1 saturated carbocycles. The van der Waals surface area contributed by atoms with Gasteiger partial charge in [-0.25, -0.2) is 4.98 Å². The zero-order chi connectivity index (χ0) is 10.7. The molecule has 0 aromatic carbocycles. The van der Waals surface area contributed by atoms with E-state index in [0.29, 0.717) is 5.41 Å². The van der Waals surface area contributed by atoms with Gasteiger partial charge in [-0.05, 0) is 52.7 Å². The Morgan fingerprint density at radius 2 is 2.27 bits per heavy atom. The highest BCUT2D eigenvalue weighted by molar-refractivity contribution is 9.10. The highest BCUT2D eigenvalue weighted by Crippen LogP contribution is 2.43. The van der Waals surface area contributed by atoms with Gasteiger partial charge >= 0.3 is 0 Å². The molecule has 0 bridgehead atoms. The third kappa shape index (κ3) is 2.51. The van der Waals surface area contributed by atoms with Crippen LogP contribution in [0, 0.1) is 5.41 Å². The van der Waals surface area contributed by atoms with Crippen molar-refractivity contribution in [2.45, 2.75) is 32.6 Å². The minimum absolute atomic E-state index is 0.550. The zero-order valence-corrected chi connectivity index (χ0v) is 10.7. The molecular formula is C12H17BrN2. The zero-order valence-electron chi connectivity index (χ0n) is 9.09. The maximum absolute atomic E-state index is 4.32. The van der Waals surface area contributed by atoms with Gasteiger partial charge in [0, 0.05) is 17.2 Å². The first-order chi connectivity index (χ1) is 7.24. The molecule has 1 heterocycles. The Morgan fingerprint density at radius 1 is 1.47 bits per heavy atom. The molecule has 0 amide bonds. The predicted octanol–water partition coefficient (Wildman–Crippen LogP) is 3.84. The van der Waals surface area contributed by atoms with E-state index in [-0.39, 0.29) is 0 Å². The first kappa shape index (κ1) is 10.9. The van der Waals surface area contributed by atoms with Crippen molar-refractivity contribution in [3.05, 3.63) is 22.8 Å². The van der Waals surface area contributed by atoms with Gasteiger partial charge in [0.1, 0.15) is 5.82 Å². The lowest BCUT2D eigenvalue weighted by molar-refractivity contribution is 0.145. The van der Waals surface area contributed by atoms with E-state index in [2.05, 4.69) is 33.2 Å². The Balaban J connectivity index is 1.90. The summed E-state index contributed by atoms with van der Waals surface area (Å²) in [6, 6.07) is 4.04. The molecular weight excluding hydrogens is 252 g/mol. The van der Waals surface area contributed by atoms with Crippen LogP contribution in [0.5, 0.6) is 0 Å². The Labute approximate surface area is 99.6 Å². The van der Waals surface area contributed by atoms with Gasteiger partial charge in [-0.3, -0.25) is 0 Å². The molecule has 1 aromatic heterocycles. The van der Waals surface area contributed by atoms with Crippen molar-refractivity contribution >= 4 is 21.7 Å². The molecule has 1 fully saturated rings. The van der Waals surface area contributed by atoms with Crippen LogP contribution in [0.4, 0.5) is 5.82 Å². The van der Waals surface area contributed by atoms with Gasteiger partial charge in [-0.1, -0.05) is 13.3 Å². The first-order valence-electron chi connectivity index (χ1n) is 5.60. The van der Waals surface area contributed by atoms with E-state index in [0.717, 1.165) is 16.8 Å². The lowest BCUT2D eigenvalue weighted by atomic mass is 9.67. The lowest BCUT2D eigenvalue weighted by Gasteiger charge is -2.41. The van der Waals surface area contributed by atoms with Crippen LogP contribution >= 0.6 is 15.9 Å². The molecule has 15 heavy (non-hydrogen) atoms. The minimum Gasteiger partial charge on any atom is -0.370 e. The van der Waals surface area contributed by atoms with Crippen molar-refractivity contribution in [1.82, 2.24) is 4.98 Å². The van der Waals surface area contributed by atoms with Gasteiger partial charge < -0.3 is 5.32 Å². The molecule has 0 aliphatic heterocycles. The van der Waals surface area contributed by atoms with Gasteiger partial charge in [0.25, 0.3) is 0 Å². The van der Waals surface area contributed by atoms with Crippen molar-refractivity contribution in [2.24, 2.45) is 5.41 Å². The fourth-order valence-corrected chi connectivity index (χ4v) is 2.33. The third-order valence-electron chi connectivity index (χ3n) is 3.54. The summed E-state index contributed by atoms with van der Waals surface area (Å²) in [5.74, 6) is 0.984. The van der Waals surface area contributed by atoms with Gasteiger partial charge in [-0.15, -0.1) is 0 Å². The van der Waals surface area contributed by atoms with Crippen LogP contribution in [0.2, 0.25) is 0 Å². The Kier molecular flexibility index (Phi) is 3.29. The average molecular weight is 269 g/mol. The van der Waals surface area contributed by atoms with Crippen molar-refractivity contribution in [3.63, 3.8) is 0 Å². The topological polar surface area (TPSA) is 24.9 Å². The van der Waals surface area contributed by atoms with Gasteiger partial charge in [-0.2, -0.15) is 0 Å². The number of pyridine rings is 1. The van der Waals surface area contributed by atoms with E-state index < -0.39 is 0 Å². The first-order valence-corrected chi connectivity index (χ1v) is 6.39. The summed E-state index contributed by atoms with van der Waals surface area (Å²) in [7, 11) is 0. The van der Waals surface area contributed by atoms with Crippen molar-refractivity contribution in [2.75, 3.05) is 11.9 Å². The highest BCUT2D eigenvalue weighted by atomic mass is 79.9. The number of nitrogens with one attached hydrogen (secondary N) is 1. The summed E-state index contributed by atoms with van der Waals surface area (Å²) < 4.78 is 1.03. The summed E-state index contributed by atoms with van der Waals surface area (Å²) in [6.07, 6.45) is 7.24. The second kappa shape index (κ2) is 4.52. The van der Waals surface area contributed by atoms with E-state index in [4.69, 9.17) is 0 Å². The van der Waals surface area contributed by atoms with Crippen LogP contribution < -0.4 is 5.32 Å². The molecule has 0 atom stereocenters. The molecule has 3 heteroatoms. The van der Waals surface area contributed by atoms with Crippen LogP contribution in [0.1, 0.15) is 32.6 Å². The summed E-state index contributed by atoms with van der Waals surface area (Å²) in [4.78, 5) is 4.32. The minimum atomic E-state index is 0.550. The van der Waals surface area contributed by atoms with Crippen LogP contribution in [0.15, 0.2) is 22.8 Å². The van der Waals surface area contributed by atoms with Crippen molar-refractivity contribution < 1.29 is 0 Å². The Morgan fingerprint density at radius 3 is 2.73 bits per heavy atom. The number of halogens is 1. The quantitative estimate of drug-likeness (QED) is 0.898. The van der Waals surface area contributed by atoms with Crippen molar-refractivity contribution in [1.29, 1.82) is 0 Å². The number of hydrogen-bond acceptors (Lipinski definition) is 2. The smallest absolute Gasteiger partial charge is 0.125 e. The molecule has 0 saturated heterocycles. The SMILES string of the molecule is CCC1(CNc2ccc(Br)cn2)CCC1. The molecule has 1 aromatic rings. The predicted molar refractivity (Wildman–Crippen MR) is 67.0 cm³/mol. The highest BCUT2D eigenvalue weighted by Gasteiger charge is 2.34. The molecule has 1 aliphatic rings. The molecule has 2 rings (SSSR count). The van der Waals surface area contributed by atoms with Crippen LogP contribution in [0.3, 0.4) is 0 Å². The summed E-state index contributed by atoms with van der Waals surface area (Å²) in [5.41, 5.74) is 0.550. The second-order valence-corrected chi connectivity index (χ2v) is 5.34. The maximum Gasteiger partial charge on any atom is 0.125 e. The van der Waals surface area contributed by atoms with Crippen molar-refractivity contribution in [3.8, 4) is 0 Å². The summed E-state index contributed by atoms with van der Waals surface area (Å²) in [6.45, 7) is 3.36. The van der Waals surface area contributed by atoms with E-state index in [1.807, 2.05) is 18.3 Å². The van der Waals surface area contributed by atoms with E-state index in [9.17, 15) is 0 Å². The van der Waals surface area contributed by atoms with E-state index >= 15 is 0 Å². The molecule has 0 unspecified atom stereocenters. The van der Waals surface area contributed by atoms with E-state index in [1.54, 1.807) is 0 Å². The maximum atomic E-state index is 4.32. The normalized spacial score (nSPS) is 18.3. The monoisotopic (exact) mass is 268 g/mol. The van der Waals surface area contributed by atoms with Crippen LogP contribution in [0.25, 0.3) is 0 Å². The number of nitrogens with zero attached hydrogens (tertiary/aromatic N) is 1. The number of anilines is 1. The Bertz CT molecular complexity index is 311. The molecule has 1 aliphatic carbocycles. The number of rotatable bonds is 4. The summed E-state index contributed by atoms with van der Waals surface area (Å²) in [5, 5.41) is 3.43. The lowest BCUT2D eigenvalue weighted by Crippen LogP contribution is -2.35. The molecule has 0 radical (unpaired) electrons. The average Bonchev–Trinajstić information content (AvgIpc) is 2.20. The Hall–Kier alpha value is -0.570. The van der Waals surface area contributed by atoms with Gasteiger partial charge in [0.2, 0.25) is 0 Å². The third-order valence-corrected chi connectivity index (χ3v) is 4.01. The molecule has 2 nitrogen and oxygen atoms in total. The van der Waals surface area contributed by atoms with Crippen LogP contribution in [-0.4, -0.2) is 11.5 Å². The largest absolute Gasteiger partial charge is 0.370 e. The fraction of sp³-hybridized carbons (Fsp3) is 0.583. The van der Waals surface area contributed by atoms with Gasteiger partial charge in [0.15, 0.2) is 0 Å². The van der Waals surface area contributed by atoms with E-state index in [1.165, 1.54) is 25.7 Å². The summed E-state index contributed by atoms with van der Waals surface area (Å²) >= 11 is 3.38. The fourth-order valence-electron chi connectivity index (χ4n) is 2.09. The standard InChI is InChI=1S/C12H17BrN2/c1-2-12(6-3-7-12)9-15-11-5-4-10(13)8-14-11/h4-5,8H,2-3,6-7,9H2,1H3,(H,14,15). The molecule has 0 spiro atoms. The number of aromatic nitrogens is 1. The van der Waals surface area contributed by atoms with Gasteiger partial charge in [0.05, 0.1) is 0 Å². The molecule has 1 N–H and O–H groups in total. The molecule has 82 valence electrons.